The predicted octanol–water partition coefficient (Wildman–Crippen LogP) is 3.90. The van der Waals surface area contributed by atoms with Crippen molar-refractivity contribution in [1.29, 1.82) is 0 Å². The molecular formula is C19H19NO3S. The van der Waals surface area contributed by atoms with Crippen molar-refractivity contribution in [2.45, 2.75) is 18.8 Å². The molecule has 0 spiro atoms. The third-order valence-corrected chi connectivity index (χ3v) is 5.34. The van der Waals surface area contributed by atoms with Crippen LogP contribution in [0, 0.1) is 0 Å². The van der Waals surface area contributed by atoms with Gasteiger partial charge in [-0.05, 0) is 64.9 Å². The number of ether oxygens (including phenoxy) is 2. The Labute approximate surface area is 145 Å². The monoisotopic (exact) mass is 341 g/mol. The number of benzene rings is 1. The Morgan fingerprint density at radius 2 is 2.00 bits per heavy atom. The average Bonchev–Trinajstić information content (AvgIpc) is 3.31. The lowest BCUT2D eigenvalue weighted by Crippen LogP contribution is -2.36. The topological polar surface area (TPSA) is 38.8 Å². The van der Waals surface area contributed by atoms with Crippen molar-refractivity contribution < 1.29 is 14.3 Å². The number of thiophene rings is 1. The Hall–Kier alpha value is -2.27. The Bertz CT molecular complexity index is 746. The molecule has 0 unspecified atom stereocenters. The number of hydrogen-bond donors (Lipinski definition) is 0. The molecule has 4 rings (SSSR count). The number of carbonyl (C=O) groups excluding carboxylic acids is 1. The van der Waals surface area contributed by atoms with Gasteiger partial charge in [0.15, 0.2) is 11.5 Å². The van der Waals surface area contributed by atoms with Crippen LogP contribution in [0.2, 0.25) is 0 Å². The van der Waals surface area contributed by atoms with Gasteiger partial charge in [0.05, 0.1) is 0 Å². The fraction of sp³-hybridized carbons (Fsp3) is 0.316. The van der Waals surface area contributed by atoms with E-state index < -0.39 is 0 Å². The minimum atomic E-state index is 0.0800. The standard InChI is InChI=1S/C19H19NO3S/c21-19(4-2-14-1-3-17-18(11-14)23-13-22-17)20-8-5-15(6-9-20)16-7-10-24-12-16/h1-4,7,10-12,15H,5-6,8-9,13H2/b4-2+. The first-order valence-electron chi connectivity index (χ1n) is 8.18. The highest BCUT2D eigenvalue weighted by molar-refractivity contribution is 7.07. The Balaban J connectivity index is 1.35. The summed E-state index contributed by atoms with van der Waals surface area (Å²) >= 11 is 1.74. The van der Waals surface area contributed by atoms with Crippen molar-refractivity contribution in [2.24, 2.45) is 0 Å². The van der Waals surface area contributed by atoms with Crippen molar-refractivity contribution in [3.05, 3.63) is 52.2 Å². The molecule has 1 saturated heterocycles. The summed E-state index contributed by atoms with van der Waals surface area (Å²) in [6.45, 7) is 1.91. The van der Waals surface area contributed by atoms with E-state index in [9.17, 15) is 4.79 Å². The quantitative estimate of drug-likeness (QED) is 0.795. The molecule has 3 heterocycles. The fourth-order valence-electron chi connectivity index (χ4n) is 3.23. The number of carbonyl (C=O) groups is 1. The van der Waals surface area contributed by atoms with Gasteiger partial charge in [0, 0.05) is 19.2 Å². The molecule has 4 nitrogen and oxygen atoms in total. The minimum Gasteiger partial charge on any atom is -0.454 e. The van der Waals surface area contributed by atoms with Gasteiger partial charge < -0.3 is 14.4 Å². The number of piperidine rings is 1. The third-order valence-electron chi connectivity index (χ3n) is 4.64. The second kappa shape index (κ2) is 6.69. The van der Waals surface area contributed by atoms with Gasteiger partial charge in [-0.25, -0.2) is 0 Å². The number of rotatable bonds is 3. The number of amides is 1. The number of likely N-dealkylation sites (tertiary alicyclic amines) is 1. The molecule has 0 atom stereocenters. The van der Waals surface area contributed by atoms with E-state index in [1.807, 2.05) is 29.2 Å². The van der Waals surface area contributed by atoms with Gasteiger partial charge in [0.25, 0.3) is 0 Å². The summed E-state index contributed by atoms with van der Waals surface area (Å²) in [7, 11) is 0. The Morgan fingerprint density at radius 3 is 2.79 bits per heavy atom. The van der Waals surface area contributed by atoms with Crippen LogP contribution in [0.15, 0.2) is 41.1 Å². The first-order chi connectivity index (χ1) is 11.8. The van der Waals surface area contributed by atoms with Crippen LogP contribution in [0.1, 0.15) is 29.9 Å². The zero-order valence-corrected chi connectivity index (χ0v) is 14.1. The van der Waals surface area contributed by atoms with Crippen molar-refractivity contribution in [1.82, 2.24) is 4.90 Å². The largest absolute Gasteiger partial charge is 0.454 e. The van der Waals surface area contributed by atoms with Crippen LogP contribution in [-0.2, 0) is 4.79 Å². The molecular weight excluding hydrogens is 322 g/mol. The second-order valence-electron chi connectivity index (χ2n) is 6.10. The van der Waals surface area contributed by atoms with Crippen molar-refractivity contribution in [3.8, 4) is 11.5 Å². The summed E-state index contributed by atoms with van der Waals surface area (Å²) in [5.41, 5.74) is 2.36. The van der Waals surface area contributed by atoms with Gasteiger partial charge in [-0.3, -0.25) is 4.79 Å². The van der Waals surface area contributed by atoms with E-state index in [4.69, 9.17) is 9.47 Å². The first-order valence-corrected chi connectivity index (χ1v) is 9.12. The van der Waals surface area contributed by atoms with Gasteiger partial charge in [0.1, 0.15) is 0 Å². The van der Waals surface area contributed by atoms with E-state index >= 15 is 0 Å². The van der Waals surface area contributed by atoms with E-state index in [1.54, 1.807) is 17.4 Å². The molecule has 0 bridgehead atoms. The lowest BCUT2D eigenvalue weighted by atomic mass is 9.91. The van der Waals surface area contributed by atoms with Crippen molar-refractivity contribution in [3.63, 3.8) is 0 Å². The average molecular weight is 341 g/mol. The molecule has 124 valence electrons. The van der Waals surface area contributed by atoms with Gasteiger partial charge >= 0.3 is 0 Å². The normalized spacial score (nSPS) is 17.6. The molecule has 5 heteroatoms. The molecule has 1 fully saturated rings. The Morgan fingerprint density at radius 1 is 1.17 bits per heavy atom. The van der Waals surface area contributed by atoms with Crippen LogP contribution in [0.5, 0.6) is 11.5 Å². The summed E-state index contributed by atoms with van der Waals surface area (Å²) in [6.07, 6.45) is 5.58. The highest BCUT2D eigenvalue weighted by Crippen LogP contribution is 2.33. The maximum absolute atomic E-state index is 12.4. The van der Waals surface area contributed by atoms with Crippen LogP contribution >= 0.6 is 11.3 Å². The van der Waals surface area contributed by atoms with E-state index in [-0.39, 0.29) is 12.7 Å². The molecule has 1 aromatic heterocycles. The SMILES string of the molecule is O=C(/C=C/c1ccc2c(c1)OCO2)N1CCC(c2ccsc2)CC1. The summed E-state index contributed by atoms with van der Waals surface area (Å²) in [5.74, 6) is 2.17. The lowest BCUT2D eigenvalue weighted by Gasteiger charge is -2.31. The number of fused-ring (bicyclic) bond motifs is 1. The third kappa shape index (κ3) is 3.17. The molecule has 0 aliphatic carbocycles. The van der Waals surface area contributed by atoms with Crippen molar-refractivity contribution in [2.75, 3.05) is 19.9 Å². The second-order valence-corrected chi connectivity index (χ2v) is 6.88. The number of hydrogen-bond acceptors (Lipinski definition) is 4. The van der Waals surface area contributed by atoms with E-state index in [1.165, 1.54) is 5.56 Å². The molecule has 2 aliphatic rings. The summed E-state index contributed by atoms with van der Waals surface area (Å²) in [5, 5.41) is 4.35. The summed E-state index contributed by atoms with van der Waals surface area (Å²) in [4.78, 5) is 14.3. The van der Waals surface area contributed by atoms with E-state index in [2.05, 4.69) is 16.8 Å². The summed E-state index contributed by atoms with van der Waals surface area (Å²) < 4.78 is 10.7. The smallest absolute Gasteiger partial charge is 0.246 e. The zero-order valence-electron chi connectivity index (χ0n) is 13.3. The molecule has 2 aliphatic heterocycles. The molecule has 0 radical (unpaired) electrons. The molecule has 0 N–H and O–H groups in total. The van der Waals surface area contributed by atoms with Crippen molar-refractivity contribution >= 4 is 23.3 Å². The van der Waals surface area contributed by atoms with E-state index in [0.29, 0.717) is 5.92 Å². The lowest BCUT2D eigenvalue weighted by molar-refractivity contribution is -0.126. The molecule has 2 aromatic rings. The van der Waals surface area contributed by atoms with Gasteiger partial charge in [-0.1, -0.05) is 6.07 Å². The highest BCUT2D eigenvalue weighted by atomic mass is 32.1. The molecule has 0 saturated carbocycles. The Kier molecular flexibility index (Phi) is 4.26. The number of nitrogens with zero attached hydrogens (tertiary/aromatic N) is 1. The van der Waals surface area contributed by atoms with Gasteiger partial charge in [-0.15, -0.1) is 0 Å². The molecule has 1 amide bonds. The van der Waals surface area contributed by atoms with E-state index in [0.717, 1.165) is 43.0 Å². The first kappa shape index (κ1) is 15.3. The van der Waals surface area contributed by atoms with Gasteiger partial charge in [0.2, 0.25) is 12.7 Å². The van der Waals surface area contributed by atoms with Crippen LogP contribution < -0.4 is 9.47 Å². The summed E-state index contributed by atoms with van der Waals surface area (Å²) in [6, 6.07) is 7.90. The molecule has 24 heavy (non-hydrogen) atoms. The zero-order chi connectivity index (χ0) is 16.4. The maximum atomic E-state index is 12.4. The van der Waals surface area contributed by atoms with Crippen LogP contribution in [-0.4, -0.2) is 30.7 Å². The fourth-order valence-corrected chi connectivity index (χ4v) is 3.97. The van der Waals surface area contributed by atoms with Crippen LogP contribution in [0.3, 0.4) is 0 Å². The van der Waals surface area contributed by atoms with Crippen LogP contribution in [0.25, 0.3) is 6.08 Å². The minimum absolute atomic E-state index is 0.0800. The molecule has 1 aromatic carbocycles. The van der Waals surface area contributed by atoms with Crippen LogP contribution in [0.4, 0.5) is 0 Å². The maximum Gasteiger partial charge on any atom is 0.246 e. The van der Waals surface area contributed by atoms with Gasteiger partial charge in [-0.2, -0.15) is 11.3 Å². The highest BCUT2D eigenvalue weighted by Gasteiger charge is 2.22. The predicted molar refractivity (Wildman–Crippen MR) is 94.5 cm³/mol.